The van der Waals surface area contributed by atoms with E-state index < -0.39 is 0 Å². The van der Waals surface area contributed by atoms with Crippen molar-refractivity contribution in [2.45, 2.75) is 20.3 Å². The molecule has 0 spiro atoms. The first-order chi connectivity index (χ1) is 11.9. The molecule has 3 amide bonds. The van der Waals surface area contributed by atoms with Gasteiger partial charge < -0.3 is 4.90 Å². The smallest absolute Gasteiger partial charge is 0.246 e. The molecule has 0 aromatic heterocycles. The summed E-state index contributed by atoms with van der Waals surface area (Å²) in [5.41, 5.74) is 2.94. The minimum atomic E-state index is -0.249. The van der Waals surface area contributed by atoms with E-state index in [2.05, 4.69) is 12.2 Å². The average Bonchev–Trinajstić information content (AvgIpc) is 3.26. The Labute approximate surface area is 147 Å². The fraction of sp³-hybridized carbons (Fsp3) is 0.450. The number of aryl methyl sites for hydroxylation is 1. The summed E-state index contributed by atoms with van der Waals surface area (Å²) in [6, 6.07) is 5.78. The van der Waals surface area contributed by atoms with Crippen molar-refractivity contribution in [3.8, 4) is 0 Å². The van der Waals surface area contributed by atoms with Crippen LogP contribution >= 0.6 is 0 Å². The average molecular weight is 338 g/mol. The first-order valence-electron chi connectivity index (χ1n) is 8.76. The van der Waals surface area contributed by atoms with Gasteiger partial charge in [-0.1, -0.05) is 24.3 Å². The molecule has 4 unspecified atom stereocenters. The second-order valence-corrected chi connectivity index (χ2v) is 7.43. The second-order valence-electron chi connectivity index (χ2n) is 7.43. The van der Waals surface area contributed by atoms with Gasteiger partial charge in [-0.25, -0.2) is 0 Å². The minimum absolute atomic E-state index is 0.170. The van der Waals surface area contributed by atoms with Crippen LogP contribution in [-0.2, 0) is 14.4 Å². The molecule has 2 aliphatic carbocycles. The molecule has 4 atom stereocenters. The van der Waals surface area contributed by atoms with Gasteiger partial charge in [-0.05, 0) is 49.3 Å². The number of hydrogen-bond acceptors (Lipinski definition) is 3. The zero-order valence-electron chi connectivity index (χ0n) is 14.7. The molecule has 25 heavy (non-hydrogen) atoms. The first-order valence-corrected chi connectivity index (χ1v) is 8.76. The van der Waals surface area contributed by atoms with Crippen molar-refractivity contribution in [2.24, 2.45) is 23.7 Å². The SMILES string of the molecule is Cc1cccc(N(C)C(=O)CN2C(=O)C3C4C=CC(C4)C3C2=O)c1C. The summed E-state index contributed by atoms with van der Waals surface area (Å²) >= 11 is 0. The lowest BCUT2D eigenvalue weighted by Gasteiger charge is -2.24. The molecule has 2 bridgehead atoms. The van der Waals surface area contributed by atoms with Gasteiger partial charge in [-0.2, -0.15) is 0 Å². The van der Waals surface area contributed by atoms with Crippen molar-refractivity contribution in [3.05, 3.63) is 41.5 Å². The van der Waals surface area contributed by atoms with Crippen LogP contribution in [0.5, 0.6) is 0 Å². The zero-order valence-corrected chi connectivity index (χ0v) is 14.7. The van der Waals surface area contributed by atoms with Gasteiger partial charge in [0.1, 0.15) is 6.54 Å². The molecule has 4 rings (SSSR count). The van der Waals surface area contributed by atoms with Crippen LogP contribution in [-0.4, -0.2) is 36.2 Å². The number of carbonyl (C=O) groups excluding carboxylic acids is 3. The van der Waals surface area contributed by atoms with E-state index in [0.29, 0.717) is 0 Å². The third-order valence-electron chi connectivity index (χ3n) is 6.17. The van der Waals surface area contributed by atoms with E-state index in [4.69, 9.17) is 0 Å². The number of hydrogen-bond donors (Lipinski definition) is 0. The van der Waals surface area contributed by atoms with Crippen LogP contribution in [0.4, 0.5) is 5.69 Å². The molecule has 2 fully saturated rings. The normalized spacial score (nSPS) is 29.5. The summed E-state index contributed by atoms with van der Waals surface area (Å²) in [4.78, 5) is 40.9. The topological polar surface area (TPSA) is 57.7 Å². The number of carbonyl (C=O) groups is 3. The van der Waals surface area contributed by atoms with Gasteiger partial charge in [0.2, 0.25) is 17.7 Å². The Hall–Kier alpha value is -2.43. The summed E-state index contributed by atoms with van der Waals surface area (Å²) in [5.74, 6) is -0.742. The van der Waals surface area contributed by atoms with Crippen LogP contribution < -0.4 is 4.90 Å². The van der Waals surface area contributed by atoms with E-state index in [1.807, 2.05) is 32.0 Å². The van der Waals surface area contributed by atoms with Crippen LogP contribution in [0.3, 0.4) is 0 Å². The molecule has 1 aliphatic heterocycles. The number of allylic oxidation sites excluding steroid dienone is 2. The molecular weight excluding hydrogens is 316 g/mol. The highest BCUT2D eigenvalue weighted by molar-refractivity contribution is 6.10. The Morgan fingerprint density at radius 3 is 2.32 bits per heavy atom. The molecule has 5 nitrogen and oxygen atoms in total. The molecule has 0 radical (unpaired) electrons. The fourth-order valence-corrected chi connectivity index (χ4v) is 4.59. The molecular formula is C20H22N2O3. The molecule has 1 aromatic carbocycles. The highest BCUT2D eigenvalue weighted by atomic mass is 16.2. The maximum atomic E-state index is 12.7. The third-order valence-corrected chi connectivity index (χ3v) is 6.17. The fourth-order valence-electron chi connectivity index (χ4n) is 4.59. The summed E-state index contributed by atoms with van der Waals surface area (Å²) < 4.78 is 0. The molecule has 1 saturated heterocycles. The number of amides is 3. The Morgan fingerprint density at radius 2 is 1.72 bits per heavy atom. The highest BCUT2D eigenvalue weighted by Gasteiger charge is 2.59. The van der Waals surface area contributed by atoms with E-state index in [1.165, 1.54) is 4.90 Å². The van der Waals surface area contributed by atoms with Gasteiger partial charge in [0, 0.05) is 12.7 Å². The lowest BCUT2D eigenvalue weighted by atomic mass is 9.85. The quantitative estimate of drug-likeness (QED) is 0.626. The largest absolute Gasteiger partial charge is 0.314 e. The first kappa shape index (κ1) is 16.1. The second kappa shape index (κ2) is 5.55. The molecule has 0 N–H and O–H groups in total. The minimum Gasteiger partial charge on any atom is -0.314 e. The number of nitrogens with zero attached hydrogens (tertiary/aromatic N) is 2. The van der Waals surface area contributed by atoms with Crippen LogP contribution in [0.25, 0.3) is 0 Å². The summed E-state index contributed by atoms with van der Waals surface area (Å²) in [7, 11) is 1.70. The molecule has 1 aromatic rings. The zero-order chi connectivity index (χ0) is 17.9. The number of imide groups is 1. The maximum absolute atomic E-state index is 12.7. The Bertz CT molecular complexity index is 783. The Morgan fingerprint density at radius 1 is 1.12 bits per heavy atom. The summed E-state index contributed by atoms with van der Waals surface area (Å²) in [6.45, 7) is 3.79. The summed E-state index contributed by atoms with van der Waals surface area (Å²) in [5, 5.41) is 0. The number of benzene rings is 1. The van der Waals surface area contributed by atoms with Crippen molar-refractivity contribution in [1.29, 1.82) is 0 Å². The standard InChI is InChI=1S/C20H22N2O3/c1-11-5-4-6-15(12(11)2)21(3)16(23)10-22-19(24)17-13-7-8-14(9-13)18(17)20(22)25/h4-8,13-14,17-18H,9-10H2,1-3H3. The lowest BCUT2D eigenvalue weighted by molar-refractivity contribution is -0.143. The van der Waals surface area contributed by atoms with E-state index >= 15 is 0 Å². The van der Waals surface area contributed by atoms with Crippen molar-refractivity contribution < 1.29 is 14.4 Å². The van der Waals surface area contributed by atoms with E-state index in [-0.39, 0.29) is 47.9 Å². The summed E-state index contributed by atoms with van der Waals surface area (Å²) in [6.07, 6.45) is 5.02. The van der Waals surface area contributed by atoms with Crippen LogP contribution in [0, 0.1) is 37.5 Å². The van der Waals surface area contributed by atoms with Crippen molar-refractivity contribution in [3.63, 3.8) is 0 Å². The van der Waals surface area contributed by atoms with Gasteiger partial charge in [-0.15, -0.1) is 0 Å². The highest BCUT2D eigenvalue weighted by Crippen LogP contribution is 2.52. The lowest BCUT2D eigenvalue weighted by Crippen LogP contribution is -2.42. The van der Waals surface area contributed by atoms with Gasteiger partial charge in [0.15, 0.2) is 0 Å². The maximum Gasteiger partial charge on any atom is 0.246 e. The molecule has 130 valence electrons. The van der Waals surface area contributed by atoms with E-state index in [0.717, 1.165) is 23.2 Å². The van der Waals surface area contributed by atoms with E-state index in [1.54, 1.807) is 11.9 Å². The van der Waals surface area contributed by atoms with Crippen LogP contribution in [0.15, 0.2) is 30.4 Å². The van der Waals surface area contributed by atoms with Gasteiger partial charge >= 0.3 is 0 Å². The van der Waals surface area contributed by atoms with Crippen molar-refractivity contribution in [2.75, 3.05) is 18.5 Å². The van der Waals surface area contributed by atoms with Crippen molar-refractivity contribution in [1.82, 2.24) is 4.90 Å². The number of fused-ring (bicyclic) bond motifs is 5. The van der Waals surface area contributed by atoms with Crippen LogP contribution in [0.2, 0.25) is 0 Å². The van der Waals surface area contributed by atoms with Gasteiger partial charge in [-0.3, -0.25) is 19.3 Å². The van der Waals surface area contributed by atoms with Gasteiger partial charge in [0.25, 0.3) is 0 Å². The third kappa shape index (κ3) is 2.25. The molecule has 1 heterocycles. The predicted octanol–water partition coefficient (Wildman–Crippen LogP) is 2.07. The van der Waals surface area contributed by atoms with Gasteiger partial charge in [0.05, 0.1) is 11.8 Å². The van der Waals surface area contributed by atoms with E-state index in [9.17, 15) is 14.4 Å². The number of likely N-dealkylation sites (tertiary alicyclic amines) is 1. The number of anilines is 1. The molecule has 1 saturated carbocycles. The monoisotopic (exact) mass is 338 g/mol. The number of likely N-dealkylation sites (N-methyl/N-ethyl adjacent to an activating group) is 1. The predicted molar refractivity (Wildman–Crippen MR) is 93.8 cm³/mol. The number of rotatable bonds is 3. The molecule has 5 heteroatoms. The Kier molecular flexibility index (Phi) is 3.56. The molecule has 3 aliphatic rings. The van der Waals surface area contributed by atoms with Crippen LogP contribution in [0.1, 0.15) is 17.5 Å². The Balaban J connectivity index is 1.53. The van der Waals surface area contributed by atoms with Crippen molar-refractivity contribution >= 4 is 23.4 Å².